The summed E-state index contributed by atoms with van der Waals surface area (Å²) in [5.74, 6) is 0. The van der Waals surface area contributed by atoms with Crippen LogP contribution in [0.25, 0.3) is 60.9 Å². The fourth-order valence-corrected chi connectivity index (χ4v) is 12.0. The van der Waals surface area contributed by atoms with Crippen LogP contribution in [0.15, 0.2) is 273 Å². The van der Waals surface area contributed by atoms with Crippen molar-refractivity contribution in [1.29, 1.82) is 0 Å². The molecule has 0 bridgehead atoms. The standard InChI is InChI=1S/C67H45N3/c1-5-21-46(22-6-1)47-39-41-51(42-40-47)68(48-23-7-2-8-24-48)63-38-19-32-56-53-29-13-16-33-58(53)67(66(56)63)59-34-17-14-31-57(59)65-60(67)35-20-37-62(65)69(49-25-9-3-10-26-49)52-43-44-55-54-30-15-18-36-61(54)70(64(55)45-52)50-27-11-4-12-28-50/h1-45H. The number of hydrogen-bond donors (Lipinski definition) is 0. The van der Waals surface area contributed by atoms with E-state index in [9.17, 15) is 0 Å². The number of aromatic nitrogens is 1. The molecular formula is C67H45N3. The van der Waals surface area contributed by atoms with Gasteiger partial charge in [0.05, 0.1) is 27.8 Å². The van der Waals surface area contributed by atoms with E-state index in [1.165, 1.54) is 71.9 Å². The summed E-state index contributed by atoms with van der Waals surface area (Å²) in [5, 5.41) is 2.46. The predicted molar refractivity (Wildman–Crippen MR) is 292 cm³/mol. The number of anilines is 6. The van der Waals surface area contributed by atoms with Gasteiger partial charge in [-0.05, 0) is 123 Å². The van der Waals surface area contributed by atoms with Crippen LogP contribution in [0.3, 0.4) is 0 Å². The van der Waals surface area contributed by atoms with Crippen LogP contribution in [0.5, 0.6) is 0 Å². The summed E-state index contributed by atoms with van der Waals surface area (Å²) in [6.07, 6.45) is 0. The van der Waals surface area contributed by atoms with Crippen LogP contribution in [0.4, 0.5) is 34.1 Å². The van der Waals surface area contributed by atoms with Crippen molar-refractivity contribution in [2.24, 2.45) is 0 Å². The van der Waals surface area contributed by atoms with Gasteiger partial charge in [-0.15, -0.1) is 0 Å². The van der Waals surface area contributed by atoms with Gasteiger partial charge in [-0.3, -0.25) is 0 Å². The minimum absolute atomic E-state index is 0.645. The Kier molecular flexibility index (Phi) is 9.11. The summed E-state index contributed by atoms with van der Waals surface area (Å²) in [4.78, 5) is 4.96. The molecule has 1 atom stereocenters. The van der Waals surface area contributed by atoms with E-state index in [-0.39, 0.29) is 0 Å². The highest BCUT2D eigenvalue weighted by molar-refractivity contribution is 6.11. The lowest BCUT2D eigenvalue weighted by Crippen LogP contribution is -2.28. The molecule has 0 aliphatic heterocycles. The van der Waals surface area contributed by atoms with E-state index in [1.807, 2.05) is 0 Å². The topological polar surface area (TPSA) is 11.4 Å². The maximum absolute atomic E-state index is 2.49. The molecule has 0 radical (unpaired) electrons. The fraction of sp³-hybridized carbons (Fsp3) is 0.0149. The third-order valence-corrected chi connectivity index (χ3v) is 14.8. The Morgan fingerprint density at radius 1 is 0.300 bits per heavy atom. The van der Waals surface area contributed by atoms with Crippen LogP contribution < -0.4 is 9.80 Å². The first-order valence-electron chi connectivity index (χ1n) is 24.2. The van der Waals surface area contributed by atoms with Crippen LogP contribution in [0.1, 0.15) is 22.3 Å². The van der Waals surface area contributed by atoms with Crippen molar-refractivity contribution in [3.63, 3.8) is 0 Å². The third kappa shape index (κ3) is 5.88. The van der Waals surface area contributed by atoms with Crippen LogP contribution in [-0.4, -0.2) is 4.57 Å². The molecular weight excluding hydrogens is 847 g/mol. The van der Waals surface area contributed by atoms with Crippen LogP contribution in [0, 0.1) is 0 Å². The summed E-state index contributed by atoms with van der Waals surface area (Å²) in [5.41, 5.74) is 22.1. The molecule has 0 saturated carbocycles. The number of benzene rings is 11. The molecule has 12 aromatic rings. The molecule has 1 spiro atoms. The molecule has 11 aromatic carbocycles. The zero-order valence-corrected chi connectivity index (χ0v) is 38.3. The van der Waals surface area contributed by atoms with Gasteiger partial charge in [0.2, 0.25) is 0 Å². The van der Waals surface area contributed by atoms with Gasteiger partial charge in [-0.2, -0.15) is 0 Å². The molecule has 0 amide bonds. The largest absolute Gasteiger partial charge is 0.310 e. The average Bonchev–Trinajstić information content (AvgIpc) is 4.05. The minimum atomic E-state index is -0.645. The predicted octanol–water partition coefficient (Wildman–Crippen LogP) is 17.7. The van der Waals surface area contributed by atoms with Crippen molar-refractivity contribution < 1.29 is 0 Å². The third-order valence-electron chi connectivity index (χ3n) is 14.8. The molecule has 0 saturated heterocycles. The van der Waals surface area contributed by atoms with E-state index in [1.54, 1.807) is 0 Å². The van der Waals surface area contributed by atoms with E-state index in [4.69, 9.17) is 0 Å². The fourth-order valence-electron chi connectivity index (χ4n) is 12.0. The van der Waals surface area contributed by atoms with Gasteiger partial charge in [-0.1, -0.05) is 194 Å². The highest BCUT2D eigenvalue weighted by Crippen LogP contribution is 2.67. The van der Waals surface area contributed by atoms with Crippen molar-refractivity contribution in [3.05, 3.63) is 295 Å². The van der Waals surface area contributed by atoms with Gasteiger partial charge in [0.25, 0.3) is 0 Å². The highest BCUT2D eigenvalue weighted by atomic mass is 15.2. The molecule has 0 fully saturated rings. The molecule has 2 aliphatic carbocycles. The number of hydrogen-bond acceptors (Lipinski definition) is 2. The van der Waals surface area contributed by atoms with E-state index >= 15 is 0 Å². The lowest BCUT2D eigenvalue weighted by Gasteiger charge is -2.36. The zero-order valence-electron chi connectivity index (χ0n) is 38.3. The van der Waals surface area contributed by atoms with Crippen molar-refractivity contribution >= 4 is 55.9 Å². The number of nitrogens with zero attached hydrogens (tertiary/aromatic N) is 3. The number of para-hydroxylation sites is 4. The Morgan fingerprint density at radius 3 is 1.51 bits per heavy atom. The minimum Gasteiger partial charge on any atom is -0.310 e. The molecule has 3 heteroatoms. The second-order valence-corrected chi connectivity index (χ2v) is 18.4. The van der Waals surface area contributed by atoms with E-state index in [0.717, 1.165) is 45.3 Å². The summed E-state index contributed by atoms with van der Waals surface area (Å²) in [6, 6.07) is 100. The van der Waals surface area contributed by atoms with Gasteiger partial charge in [-0.25, -0.2) is 0 Å². The van der Waals surface area contributed by atoms with E-state index in [2.05, 4.69) is 287 Å². The van der Waals surface area contributed by atoms with Gasteiger partial charge < -0.3 is 14.4 Å². The van der Waals surface area contributed by atoms with Crippen LogP contribution in [0.2, 0.25) is 0 Å². The average molecular weight is 892 g/mol. The van der Waals surface area contributed by atoms with Gasteiger partial charge in [0.15, 0.2) is 0 Å². The normalized spacial score (nSPS) is 14.1. The van der Waals surface area contributed by atoms with E-state index in [0.29, 0.717) is 0 Å². The summed E-state index contributed by atoms with van der Waals surface area (Å²) in [6.45, 7) is 0. The Hall–Kier alpha value is -9.18. The maximum Gasteiger partial charge on any atom is 0.0746 e. The maximum atomic E-state index is 2.49. The Morgan fingerprint density at radius 2 is 0.786 bits per heavy atom. The summed E-state index contributed by atoms with van der Waals surface area (Å²) in [7, 11) is 0. The SMILES string of the molecule is c1ccc(-c2ccc(N(c3ccccc3)c3cccc4c3C3(c5ccccc5-4)c4ccccc4-c4c(N(c5ccccc5)c5ccc6c7ccccc7n(-c7ccccc7)c6c5)cccc43)cc2)cc1. The van der Waals surface area contributed by atoms with Crippen LogP contribution >= 0.6 is 0 Å². The smallest absolute Gasteiger partial charge is 0.0746 e. The lowest BCUT2D eigenvalue weighted by molar-refractivity contribution is 0.793. The molecule has 70 heavy (non-hydrogen) atoms. The molecule has 1 unspecified atom stereocenters. The molecule has 1 aromatic heterocycles. The number of fused-ring (bicyclic) bond motifs is 13. The highest BCUT2D eigenvalue weighted by Gasteiger charge is 2.54. The summed E-state index contributed by atoms with van der Waals surface area (Å²) >= 11 is 0. The Balaban J connectivity index is 1.03. The first kappa shape index (κ1) is 39.9. The monoisotopic (exact) mass is 891 g/mol. The summed E-state index contributed by atoms with van der Waals surface area (Å²) < 4.78 is 2.42. The quantitative estimate of drug-likeness (QED) is 0.151. The van der Waals surface area contributed by atoms with Crippen LogP contribution in [-0.2, 0) is 5.41 Å². The molecule has 0 N–H and O–H groups in total. The van der Waals surface area contributed by atoms with Gasteiger partial charge >= 0.3 is 0 Å². The first-order valence-corrected chi connectivity index (χ1v) is 24.2. The van der Waals surface area contributed by atoms with Gasteiger partial charge in [0, 0.05) is 50.3 Å². The van der Waals surface area contributed by atoms with E-state index < -0.39 is 5.41 Å². The molecule has 14 rings (SSSR count). The van der Waals surface area contributed by atoms with Crippen molar-refractivity contribution in [3.8, 4) is 39.1 Å². The second kappa shape index (κ2) is 16.0. The molecule has 328 valence electrons. The van der Waals surface area contributed by atoms with Crippen molar-refractivity contribution in [2.75, 3.05) is 9.80 Å². The lowest BCUT2D eigenvalue weighted by atomic mass is 9.70. The number of rotatable bonds is 8. The molecule has 1 heterocycles. The second-order valence-electron chi connectivity index (χ2n) is 18.4. The van der Waals surface area contributed by atoms with Crippen molar-refractivity contribution in [2.45, 2.75) is 5.41 Å². The van der Waals surface area contributed by atoms with Crippen molar-refractivity contribution in [1.82, 2.24) is 4.57 Å². The first-order chi connectivity index (χ1) is 34.8. The zero-order chi connectivity index (χ0) is 46.2. The Bertz CT molecular complexity index is 3930. The molecule has 3 nitrogen and oxygen atoms in total. The van der Waals surface area contributed by atoms with Gasteiger partial charge in [0.1, 0.15) is 0 Å². The Labute approximate surface area is 408 Å². The molecule has 2 aliphatic rings.